The van der Waals surface area contributed by atoms with Crippen molar-refractivity contribution in [1.29, 1.82) is 5.26 Å². The molecular weight excluding hydrogens is 200 g/mol. The van der Waals surface area contributed by atoms with E-state index in [1.54, 1.807) is 12.1 Å². The summed E-state index contributed by atoms with van der Waals surface area (Å²) in [6, 6.07) is 5.54. The van der Waals surface area contributed by atoms with Crippen LogP contribution < -0.4 is 4.74 Å². The van der Waals surface area contributed by atoms with E-state index in [2.05, 4.69) is 24.9 Å². The predicted molar refractivity (Wildman–Crippen MR) is 63.3 cm³/mol. The van der Waals surface area contributed by atoms with Gasteiger partial charge in [0.15, 0.2) is 0 Å². The van der Waals surface area contributed by atoms with E-state index >= 15 is 0 Å². The minimum atomic E-state index is 0.526. The molecule has 0 saturated carbocycles. The third-order valence-electron chi connectivity index (χ3n) is 2.36. The Morgan fingerprint density at radius 2 is 2.25 bits per heavy atom. The second kappa shape index (κ2) is 6.12. The Morgan fingerprint density at radius 1 is 1.50 bits per heavy atom. The number of rotatable bonds is 5. The van der Waals surface area contributed by atoms with Crippen LogP contribution in [0.25, 0.3) is 0 Å². The molecule has 3 nitrogen and oxygen atoms in total. The molecule has 1 atom stereocenters. The monoisotopic (exact) mass is 218 g/mol. The van der Waals surface area contributed by atoms with Gasteiger partial charge in [-0.1, -0.05) is 20.3 Å². The highest BCUT2D eigenvalue weighted by Crippen LogP contribution is 2.14. The molecule has 86 valence electrons. The molecule has 0 saturated heterocycles. The Hall–Kier alpha value is -1.56. The third-order valence-corrected chi connectivity index (χ3v) is 2.36. The summed E-state index contributed by atoms with van der Waals surface area (Å²) in [6.07, 6.45) is 2.31. The average molecular weight is 218 g/mol. The van der Waals surface area contributed by atoms with Gasteiger partial charge in [-0.15, -0.1) is 0 Å². The van der Waals surface area contributed by atoms with Crippen molar-refractivity contribution in [2.45, 2.75) is 33.6 Å². The van der Waals surface area contributed by atoms with Gasteiger partial charge in [0.05, 0.1) is 18.2 Å². The van der Waals surface area contributed by atoms with Gasteiger partial charge in [-0.25, -0.2) is 4.98 Å². The molecule has 0 bridgehead atoms. The summed E-state index contributed by atoms with van der Waals surface area (Å²) >= 11 is 0. The smallest absolute Gasteiger partial charge is 0.214 e. The Labute approximate surface area is 97.1 Å². The molecule has 3 heteroatoms. The molecule has 1 aromatic heterocycles. The first-order valence-corrected chi connectivity index (χ1v) is 5.67. The first-order valence-electron chi connectivity index (χ1n) is 5.67. The summed E-state index contributed by atoms with van der Waals surface area (Å²) in [5.74, 6) is 1.08. The molecule has 1 rings (SSSR count). The zero-order valence-electron chi connectivity index (χ0n) is 10.2. The SMILES string of the molecule is CCCC(C)COc1cc(C#N)cc(C)n1. The number of pyridine rings is 1. The highest BCUT2D eigenvalue weighted by Gasteiger charge is 2.04. The Morgan fingerprint density at radius 3 is 2.88 bits per heavy atom. The molecule has 0 aliphatic carbocycles. The van der Waals surface area contributed by atoms with Gasteiger partial charge in [-0.05, 0) is 25.3 Å². The summed E-state index contributed by atoms with van der Waals surface area (Å²) < 4.78 is 5.58. The van der Waals surface area contributed by atoms with Crippen LogP contribution >= 0.6 is 0 Å². The second-order valence-electron chi connectivity index (χ2n) is 4.15. The zero-order valence-corrected chi connectivity index (χ0v) is 10.2. The fraction of sp³-hybridized carbons (Fsp3) is 0.538. The number of aryl methyl sites for hydroxylation is 1. The van der Waals surface area contributed by atoms with Crippen molar-refractivity contribution in [2.24, 2.45) is 5.92 Å². The minimum absolute atomic E-state index is 0.526. The van der Waals surface area contributed by atoms with E-state index in [0.29, 0.717) is 24.0 Å². The summed E-state index contributed by atoms with van der Waals surface area (Å²) in [7, 11) is 0. The predicted octanol–water partition coefficient (Wildman–Crippen LogP) is 3.08. The quantitative estimate of drug-likeness (QED) is 0.763. The van der Waals surface area contributed by atoms with Gasteiger partial charge in [-0.3, -0.25) is 0 Å². The molecule has 0 aliphatic rings. The van der Waals surface area contributed by atoms with Crippen LogP contribution in [0.3, 0.4) is 0 Å². The highest BCUT2D eigenvalue weighted by molar-refractivity contribution is 5.34. The lowest BCUT2D eigenvalue weighted by molar-refractivity contribution is 0.242. The first kappa shape index (κ1) is 12.5. The van der Waals surface area contributed by atoms with Gasteiger partial charge < -0.3 is 4.74 Å². The largest absolute Gasteiger partial charge is 0.477 e. The lowest BCUT2D eigenvalue weighted by atomic mass is 10.1. The van der Waals surface area contributed by atoms with Crippen LogP contribution in [-0.4, -0.2) is 11.6 Å². The fourth-order valence-electron chi connectivity index (χ4n) is 1.58. The normalized spacial score (nSPS) is 11.9. The van der Waals surface area contributed by atoms with E-state index in [4.69, 9.17) is 10.00 Å². The molecule has 1 heterocycles. The van der Waals surface area contributed by atoms with Gasteiger partial charge in [0.25, 0.3) is 0 Å². The van der Waals surface area contributed by atoms with Crippen LogP contribution in [0.4, 0.5) is 0 Å². The maximum atomic E-state index is 8.81. The highest BCUT2D eigenvalue weighted by atomic mass is 16.5. The van der Waals surface area contributed by atoms with E-state index in [1.165, 1.54) is 0 Å². The second-order valence-corrected chi connectivity index (χ2v) is 4.15. The Kier molecular flexibility index (Phi) is 4.78. The summed E-state index contributed by atoms with van der Waals surface area (Å²) in [4.78, 5) is 4.24. The molecule has 0 radical (unpaired) electrons. The van der Waals surface area contributed by atoms with Crippen LogP contribution in [0, 0.1) is 24.2 Å². The lowest BCUT2D eigenvalue weighted by Crippen LogP contribution is -2.09. The maximum absolute atomic E-state index is 8.81. The van der Waals surface area contributed by atoms with Crippen molar-refractivity contribution in [3.8, 4) is 11.9 Å². The molecule has 0 N–H and O–H groups in total. The molecule has 0 amide bonds. The molecular formula is C13H18N2O. The molecule has 0 aliphatic heterocycles. The molecule has 0 spiro atoms. The third kappa shape index (κ3) is 3.90. The number of ether oxygens (including phenoxy) is 1. The van der Waals surface area contributed by atoms with Crippen LogP contribution in [0.15, 0.2) is 12.1 Å². The summed E-state index contributed by atoms with van der Waals surface area (Å²) in [6.45, 7) is 6.85. The van der Waals surface area contributed by atoms with Crippen molar-refractivity contribution in [3.63, 3.8) is 0 Å². The van der Waals surface area contributed by atoms with Gasteiger partial charge in [0, 0.05) is 11.8 Å². The molecule has 1 unspecified atom stereocenters. The standard InChI is InChI=1S/C13H18N2O/c1-4-5-10(2)9-16-13-7-12(8-14)6-11(3)15-13/h6-7,10H,4-5,9H2,1-3H3. The first-order chi connectivity index (χ1) is 7.65. The van der Waals surface area contributed by atoms with Crippen LogP contribution in [0.1, 0.15) is 37.9 Å². The van der Waals surface area contributed by atoms with Crippen molar-refractivity contribution >= 4 is 0 Å². The summed E-state index contributed by atoms with van der Waals surface area (Å²) in [5.41, 5.74) is 1.42. The maximum Gasteiger partial charge on any atom is 0.214 e. The van der Waals surface area contributed by atoms with E-state index in [9.17, 15) is 0 Å². The van der Waals surface area contributed by atoms with Crippen molar-refractivity contribution in [1.82, 2.24) is 4.98 Å². The summed E-state index contributed by atoms with van der Waals surface area (Å²) in [5, 5.41) is 8.81. The molecule has 0 fully saturated rings. The number of hydrogen-bond donors (Lipinski definition) is 0. The number of nitriles is 1. The van der Waals surface area contributed by atoms with Gasteiger partial charge in [0.2, 0.25) is 5.88 Å². The van der Waals surface area contributed by atoms with Crippen LogP contribution in [0.5, 0.6) is 5.88 Å². The van der Waals surface area contributed by atoms with E-state index in [1.807, 2.05) is 6.92 Å². The molecule has 1 aromatic rings. The van der Waals surface area contributed by atoms with Crippen molar-refractivity contribution in [3.05, 3.63) is 23.4 Å². The Balaban J connectivity index is 2.60. The van der Waals surface area contributed by atoms with E-state index in [-0.39, 0.29) is 0 Å². The lowest BCUT2D eigenvalue weighted by Gasteiger charge is -2.11. The van der Waals surface area contributed by atoms with E-state index < -0.39 is 0 Å². The van der Waals surface area contributed by atoms with Crippen molar-refractivity contribution < 1.29 is 4.74 Å². The number of nitrogens with zero attached hydrogens (tertiary/aromatic N) is 2. The number of aromatic nitrogens is 1. The Bertz CT molecular complexity index is 382. The van der Waals surface area contributed by atoms with Gasteiger partial charge in [0.1, 0.15) is 0 Å². The number of hydrogen-bond acceptors (Lipinski definition) is 3. The topological polar surface area (TPSA) is 45.9 Å². The molecule has 0 aromatic carbocycles. The van der Waals surface area contributed by atoms with Crippen LogP contribution in [0.2, 0.25) is 0 Å². The fourth-order valence-corrected chi connectivity index (χ4v) is 1.58. The average Bonchev–Trinajstić information content (AvgIpc) is 2.26. The minimum Gasteiger partial charge on any atom is -0.477 e. The van der Waals surface area contributed by atoms with E-state index in [0.717, 1.165) is 18.5 Å². The van der Waals surface area contributed by atoms with Crippen LogP contribution in [-0.2, 0) is 0 Å². The van der Waals surface area contributed by atoms with Gasteiger partial charge >= 0.3 is 0 Å². The zero-order chi connectivity index (χ0) is 12.0. The van der Waals surface area contributed by atoms with Gasteiger partial charge in [-0.2, -0.15) is 5.26 Å². The molecule has 16 heavy (non-hydrogen) atoms. The van der Waals surface area contributed by atoms with Crippen molar-refractivity contribution in [2.75, 3.05) is 6.61 Å².